The Labute approximate surface area is 143 Å². The lowest BCUT2D eigenvalue weighted by Crippen LogP contribution is -2.38. The molecule has 0 aliphatic rings. The first kappa shape index (κ1) is 13.5. The highest BCUT2D eigenvalue weighted by Gasteiger charge is 2.22. The zero-order valence-electron chi connectivity index (χ0n) is 16.9. The molecule has 0 aliphatic heterocycles. The van der Waals surface area contributed by atoms with Crippen LogP contribution in [0.4, 0.5) is 0 Å². The molecule has 0 unspecified atom stereocenters. The molecule has 1 heterocycles. The number of nitrogens with zero attached hydrogens (tertiary/aromatic N) is 1. The SMILES string of the molecule is [2H]c1cc([2H])c(C)c(-c2c3ccc([Si](C)(C)C)cc3cc(C)[n+]2C)c1. The van der Waals surface area contributed by atoms with Crippen molar-refractivity contribution >= 4 is 24.0 Å². The smallest absolute Gasteiger partial charge is 0.198 e. The van der Waals surface area contributed by atoms with E-state index in [1.54, 1.807) is 6.07 Å². The van der Waals surface area contributed by atoms with Crippen molar-refractivity contribution in [2.24, 2.45) is 7.05 Å². The summed E-state index contributed by atoms with van der Waals surface area (Å²) in [7, 11) is 0.692. The summed E-state index contributed by atoms with van der Waals surface area (Å²) in [6.07, 6.45) is 0. The number of benzene rings is 2. The van der Waals surface area contributed by atoms with E-state index < -0.39 is 8.07 Å². The van der Waals surface area contributed by atoms with Gasteiger partial charge in [0.1, 0.15) is 7.05 Å². The molecule has 3 aromatic rings. The van der Waals surface area contributed by atoms with Crippen molar-refractivity contribution < 1.29 is 7.31 Å². The van der Waals surface area contributed by atoms with Crippen molar-refractivity contribution in [3.63, 3.8) is 0 Å². The number of rotatable bonds is 2. The van der Waals surface area contributed by atoms with Gasteiger partial charge in [0.15, 0.2) is 5.69 Å². The van der Waals surface area contributed by atoms with Gasteiger partial charge in [0, 0.05) is 18.6 Å². The van der Waals surface area contributed by atoms with Crippen LogP contribution in [0.3, 0.4) is 0 Å². The average molecular weight is 323 g/mol. The Morgan fingerprint density at radius 2 is 1.78 bits per heavy atom. The Bertz CT molecular complexity index is 988. The van der Waals surface area contributed by atoms with Gasteiger partial charge in [0.25, 0.3) is 0 Å². The van der Waals surface area contributed by atoms with E-state index in [0.717, 1.165) is 16.8 Å². The Morgan fingerprint density at radius 1 is 1.04 bits per heavy atom. The van der Waals surface area contributed by atoms with Crippen LogP contribution in [0, 0.1) is 13.8 Å². The Kier molecular flexibility index (Phi) is 3.29. The lowest BCUT2D eigenvalue weighted by atomic mass is 9.99. The molecule has 0 fully saturated rings. The molecule has 0 spiro atoms. The molecule has 0 saturated heterocycles. The minimum atomic E-state index is -1.37. The van der Waals surface area contributed by atoms with E-state index in [-0.39, 0.29) is 0 Å². The van der Waals surface area contributed by atoms with Gasteiger partial charge < -0.3 is 0 Å². The molecule has 1 nitrogen and oxygen atoms in total. The molecule has 0 atom stereocenters. The Morgan fingerprint density at radius 3 is 2.48 bits per heavy atom. The molecular formula is C21H26NSi+. The second-order valence-corrected chi connectivity index (χ2v) is 12.5. The average Bonchev–Trinajstić information content (AvgIpc) is 2.51. The normalized spacial score (nSPS) is 13.1. The molecule has 1 aromatic heterocycles. The summed E-state index contributed by atoms with van der Waals surface area (Å²) in [5.41, 5.74) is 4.18. The van der Waals surface area contributed by atoms with Crippen LogP contribution in [-0.2, 0) is 7.05 Å². The molecule has 3 rings (SSSR count). The molecule has 0 radical (unpaired) electrons. The summed E-state index contributed by atoms with van der Waals surface area (Å²) in [4.78, 5) is 0. The predicted octanol–water partition coefficient (Wildman–Crippen LogP) is 4.49. The molecule has 2 aromatic carbocycles. The maximum Gasteiger partial charge on any atom is 0.220 e. The number of fused-ring (bicyclic) bond motifs is 1. The first-order valence-electron chi connectivity index (χ1n) is 9.11. The lowest BCUT2D eigenvalue weighted by molar-refractivity contribution is -0.665. The quantitative estimate of drug-likeness (QED) is 0.483. The fourth-order valence-electron chi connectivity index (χ4n) is 3.08. The monoisotopic (exact) mass is 322 g/mol. The second kappa shape index (κ2) is 5.61. The van der Waals surface area contributed by atoms with Crippen LogP contribution in [0.2, 0.25) is 19.6 Å². The van der Waals surface area contributed by atoms with E-state index >= 15 is 0 Å². The van der Waals surface area contributed by atoms with Gasteiger partial charge in [-0.2, -0.15) is 4.57 Å². The molecule has 0 saturated carbocycles. The fourth-order valence-corrected chi connectivity index (χ4v) is 4.25. The molecule has 0 N–H and O–H groups in total. The highest BCUT2D eigenvalue weighted by Crippen LogP contribution is 2.28. The van der Waals surface area contributed by atoms with Crippen molar-refractivity contribution in [2.75, 3.05) is 0 Å². The summed E-state index contributed by atoms with van der Waals surface area (Å²) in [6.45, 7) is 11.2. The molecule has 0 amide bonds. The standard InChI is InChI=1S/C21H26NSi/c1-15-9-7-8-10-19(15)21-20-12-11-18(23(4,5)6)14-17(20)13-16(2)22(21)3/h7-14H,1-6H3/q+1/i8D,9D. The largest absolute Gasteiger partial charge is 0.220 e. The number of pyridine rings is 1. The molecule has 118 valence electrons. The van der Waals surface area contributed by atoms with Crippen molar-refractivity contribution in [3.8, 4) is 11.3 Å². The second-order valence-electron chi connectivity index (χ2n) is 7.38. The first-order chi connectivity index (χ1) is 11.6. The van der Waals surface area contributed by atoms with E-state index in [1.807, 2.05) is 13.0 Å². The maximum absolute atomic E-state index is 8.18. The summed E-state index contributed by atoms with van der Waals surface area (Å²) in [5.74, 6) is 0. The number of aryl methyl sites for hydroxylation is 1. The van der Waals surface area contributed by atoms with Crippen LogP contribution in [0.25, 0.3) is 22.0 Å². The van der Waals surface area contributed by atoms with Gasteiger partial charge in [-0.05, 0) is 30.0 Å². The molecule has 2 heteroatoms. The number of aromatic nitrogens is 1. The van der Waals surface area contributed by atoms with Gasteiger partial charge in [0.05, 0.1) is 16.2 Å². The Balaban J connectivity index is 2.41. The van der Waals surface area contributed by atoms with Crippen LogP contribution >= 0.6 is 0 Å². The van der Waals surface area contributed by atoms with E-state index in [4.69, 9.17) is 2.74 Å². The Hall–Kier alpha value is -1.93. The van der Waals surface area contributed by atoms with Crippen molar-refractivity contribution in [3.05, 3.63) is 59.7 Å². The van der Waals surface area contributed by atoms with E-state index in [1.165, 1.54) is 21.7 Å². The van der Waals surface area contributed by atoms with E-state index in [2.05, 4.69) is 62.4 Å². The highest BCUT2D eigenvalue weighted by molar-refractivity contribution is 6.88. The van der Waals surface area contributed by atoms with Gasteiger partial charge in [-0.1, -0.05) is 55.1 Å². The molecule has 0 bridgehead atoms. The molecule has 0 aliphatic carbocycles. The molecule has 23 heavy (non-hydrogen) atoms. The van der Waals surface area contributed by atoms with Crippen molar-refractivity contribution in [1.82, 2.24) is 0 Å². The van der Waals surface area contributed by atoms with Crippen LogP contribution in [0.5, 0.6) is 0 Å². The lowest BCUT2D eigenvalue weighted by Gasteiger charge is -2.18. The topological polar surface area (TPSA) is 3.88 Å². The van der Waals surface area contributed by atoms with Crippen LogP contribution in [-0.4, -0.2) is 8.07 Å². The summed E-state index contributed by atoms with van der Waals surface area (Å²) < 4.78 is 18.4. The maximum atomic E-state index is 8.18. The van der Waals surface area contributed by atoms with Gasteiger partial charge in [-0.3, -0.25) is 0 Å². The number of hydrogen-bond acceptors (Lipinski definition) is 0. The third-order valence-electron chi connectivity index (χ3n) is 4.66. The minimum absolute atomic E-state index is 0.388. The summed E-state index contributed by atoms with van der Waals surface area (Å²) in [6, 6.07) is 13.4. The van der Waals surface area contributed by atoms with Gasteiger partial charge in [-0.15, -0.1) is 0 Å². The zero-order valence-corrected chi connectivity index (χ0v) is 15.9. The summed E-state index contributed by atoms with van der Waals surface area (Å²) in [5, 5.41) is 3.88. The van der Waals surface area contributed by atoms with Crippen LogP contribution in [0.15, 0.2) is 48.5 Å². The van der Waals surface area contributed by atoms with Crippen molar-refractivity contribution in [1.29, 1.82) is 0 Å². The third-order valence-corrected chi connectivity index (χ3v) is 6.70. The zero-order chi connectivity index (χ0) is 18.5. The van der Waals surface area contributed by atoms with Gasteiger partial charge in [0.2, 0.25) is 5.69 Å². The van der Waals surface area contributed by atoms with Gasteiger partial charge in [-0.25, -0.2) is 0 Å². The van der Waals surface area contributed by atoms with E-state index in [0.29, 0.717) is 12.1 Å². The first-order valence-corrected chi connectivity index (χ1v) is 11.6. The van der Waals surface area contributed by atoms with Crippen LogP contribution < -0.4 is 9.75 Å². The van der Waals surface area contributed by atoms with Gasteiger partial charge >= 0.3 is 0 Å². The van der Waals surface area contributed by atoms with Crippen LogP contribution in [0.1, 0.15) is 14.0 Å². The van der Waals surface area contributed by atoms with Crippen molar-refractivity contribution in [2.45, 2.75) is 33.5 Å². The fraction of sp³-hybridized carbons (Fsp3) is 0.286. The highest BCUT2D eigenvalue weighted by atomic mass is 28.3. The summed E-state index contributed by atoms with van der Waals surface area (Å²) >= 11 is 0. The molecular weight excluding hydrogens is 294 g/mol. The predicted molar refractivity (Wildman–Crippen MR) is 103 cm³/mol. The minimum Gasteiger partial charge on any atom is -0.198 e. The van der Waals surface area contributed by atoms with E-state index in [9.17, 15) is 0 Å². The number of hydrogen-bond donors (Lipinski definition) is 0. The third kappa shape index (κ3) is 2.84.